The number of anilines is 2. The Balaban J connectivity index is 1.64. The van der Waals surface area contributed by atoms with Crippen molar-refractivity contribution in [2.24, 2.45) is 15.3 Å². The average molecular weight is 1200 g/mol. The van der Waals surface area contributed by atoms with Gasteiger partial charge in [0.2, 0.25) is 26.0 Å². The molecule has 5 aromatic carbocycles. The molecule has 0 fully saturated rings. The number of nitrogens with zero attached hydrogens (tertiary/aromatic N) is 4. The highest BCUT2D eigenvalue weighted by Crippen LogP contribution is 2.42. The molecule has 6 rings (SSSR count). The molecule has 5 aromatic rings. The maximum Gasteiger partial charge on any atom is 0.408 e. The van der Waals surface area contributed by atoms with Gasteiger partial charge >= 0.3 is 18.3 Å². The first-order chi connectivity index (χ1) is 39.4. The van der Waals surface area contributed by atoms with Gasteiger partial charge in [-0.2, -0.15) is 4.31 Å². The van der Waals surface area contributed by atoms with Crippen molar-refractivity contribution in [3.05, 3.63) is 119 Å². The monoisotopic (exact) mass is 1200 g/mol. The molecule has 8 N–H and O–H groups in total. The number of amides is 4. The Bertz CT molecular complexity index is 3440. The maximum atomic E-state index is 16.5. The molecule has 25 nitrogen and oxygen atoms in total. The van der Waals surface area contributed by atoms with E-state index >= 15 is 16.8 Å². The lowest BCUT2D eigenvalue weighted by Crippen LogP contribution is -2.52. The summed E-state index contributed by atoms with van der Waals surface area (Å²) in [4.78, 5) is 56.3. The molecule has 0 aliphatic carbocycles. The number of hydrogen-bond donors (Lipinski definition) is 7. The Morgan fingerprint density at radius 1 is 0.679 bits per heavy atom. The zero-order valence-electron chi connectivity index (χ0n) is 49.0. The number of para-hydroxylation sites is 1. The number of hydrogen-bond acceptors (Lipinski definition) is 19. The number of nitrogen functional groups attached to an aromatic ring is 1. The van der Waals surface area contributed by atoms with Gasteiger partial charge in [0.15, 0.2) is 5.84 Å². The second kappa shape index (κ2) is 27.2. The number of ether oxygens (including phenoxy) is 6. The maximum absolute atomic E-state index is 16.5. The third-order valence-electron chi connectivity index (χ3n) is 11.8. The molecule has 27 heteroatoms. The van der Waals surface area contributed by atoms with Crippen molar-refractivity contribution >= 4 is 67.1 Å². The third-order valence-corrected chi connectivity index (χ3v) is 15.3. The fourth-order valence-corrected chi connectivity index (χ4v) is 11.6. The lowest BCUT2D eigenvalue weighted by molar-refractivity contribution is -0.118. The zero-order valence-corrected chi connectivity index (χ0v) is 50.6. The van der Waals surface area contributed by atoms with Crippen molar-refractivity contribution in [2.45, 2.75) is 115 Å². The van der Waals surface area contributed by atoms with Gasteiger partial charge in [-0.3, -0.25) is 10.2 Å². The van der Waals surface area contributed by atoms with E-state index in [2.05, 4.69) is 41.8 Å². The molecule has 4 amide bonds. The Morgan fingerprint density at radius 2 is 1.25 bits per heavy atom. The largest absolute Gasteiger partial charge is 0.497 e. The molecule has 1 aliphatic heterocycles. The van der Waals surface area contributed by atoms with Crippen LogP contribution in [0.15, 0.2) is 122 Å². The molecule has 2 bridgehead atoms. The third kappa shape index (κ3) is 18.0. The van der Waals surface area contributed by atoms with Gasteiger partial charge in [-0.25, -0.2) is 40.9 Å². The number of sulfonamides is 2. The lowest BCUT2D eigenvalue weighted by atomic mass is 9.96. The SMILES string of the molecule is COc1ccc(CN(Cc2ccc(OC)cc2)S(=O)(=O)c2c(S(=O)(=O)NCCNC(=O)OC(C)(C)C)ccc(-c3cccc(NC(=O)[C@H](CNC(=O)OC(C)(C)C)NC(=O)OC(C)(C)C)c3N)c2C2=N/c3cc(ccc3OC)CN/N=N\2)cc1. The van der Waals surface area contributed by atoms with Gasteiger partial charge in [0.1, 0.15) is 55.6 Å². The van der Waals surface area contributed by atoms with Gasteiger partial charge in [-0.1, -0.05) is 53.8 Å². The highest BCUT2D eigenvalue weighted by Gasteiger charge is 2.39. The fraction of sp³-hybridized carbons (Fsp3) is 0.386. The second-order valence-corrected chi connectivity index (χ2v) is 25.5. The van der Waals surface area contributed by atoms with Crippen molar-refractivity contribution in [3.8, 4) is 28.4 Å². The summed E-state index contributed by atoms with van der Waals surface area (Å²) in [6.45, 7) is 13.0. The van der Waals surface area contributed by atoms with Crippen molar-refractivity contribution in [3.63, 3.8) is 0 Å². The van der Waals surface area contributed by atoms with E-state index in [1.54, 1.807) is 129 Å². The molecule has 1 atom stereocenters. The summed E-state index contributed by atoms with van der Waals surface area (Å²) >= 11 is 0. The van der Waals surface area contributed by atoms with Gasteiger partial charge < -0.3 is 55.4 Å². The fourth-order valence-electron chi connectivity index (χ4n) is 8.12. The number of alkyl carbamates (subject to hydrolysis) is 3. The molecule has 0 aromatic heterocycles. The van der Waals surface area contributed by atoms with Crippen molar-refractivity contribution in [1.82, 2.24) is 30.4 Å². The summed E-state index contributed by atoms with van der Waals surface area (Å²) in [5.41, 5.74) is 8.13. The number of nitrogens with two attached hydrogens (primary N) is 1. The van der Waals surface area contributed by atoms with E-state index in [9.17, 15) is 19.2 Å². The minimum absolute atomic E-state index is 0.0181. The van der Waals surface area contributed by atoms with Crippen LogP contribution in [-0.4, -0.2) is 115 Å². The smallest absolute Gasteiger partial charge is 0.408 e. The van der Waals surface area contributed by atoms with Gasteiger partial charge in [0, 0.05) is 31.7 Å². The first kappa shape index (κ1) is 64.6. The molecule has 0 spiro atoms. The van der Waals surface area contributed by atoms with E-state index < -0.39 is 101 Å². The summed E-state index contributed by atoms with van der Waals surface area (Å²) in [6.07, 6.45) is -2.71. The molecule has 0 radical (unpaired) electrons. The topological polar surface area (TPSA) is 330 Å². The van der Waals surface area contributed by atoms with Crippen molar-refractivity contribution in [2.75, 3.05) is 52.0 Å². The van der Waals surface area contributed by atoms with Crippen LogP contribution in [0.1, 0.15) is 84.6 Å². The van der Waals surface area contributed by atoms with E-state index in [0.717, 1.165) is 10.4 Å². The van der Waals surface area contributed by atoms with Crippen LogP contribution in [0, 0.1) is 0 Å². The predicted octanol–water partition coefficient (Wildman–Crippen LogP) is 8.06. The average Bonchev–Trinajstić information content (AvgIpc) is 3.64. The number of benzene rings is 5. The first-order valence-corrected chi connectivity index (χ1v) is 29.3. The molecule has 84 heavy (non-hydrogen) atoms. The highest BCUT2D eigenvalue weighted by molar-refractivity contribution is 7.92. The number of carbonyl (C=O) groups is 4. The van der Waals surface area contributed by atoms with Crippen LogP contribution in [0.3, 0.4) is 0 Å². The number of aliphatic imine (C=N–C) groups is 1. The van der Waals surface area contributed by atoms with Crippen molar-refractivity contribution in [1.29, 1.82) is 0 Å². The first-order valence-electron chi connectivity index (χ1n) is 26.4. The molecule has 0 saturated heterocycles. The van der Waals surface area contributed by atoms with Crippen LogP contribution in [0.25, 0.3) is 11.1 Å². The summed E-state index contributed by atoms with van der Waals surface area (Å²) in [6, 6.07) is 23.5. The minimum Gasteiger partial charge on any atom is -0.497 e. The van der Waals surface area contributed by atoms with E-state index in [1.807, 2.05) is 0 Å². The molecule has 0 unspecified atom stereocenters. The number of amidine groups is 1. The zero-order chi connectivity index (χ0) is 61.8. The van der Waals surface area contributed by atoms with Crippen LogP contribution in [0.5, 0.6) is 17.2 Å². The van der Waals surface area contributed by atoms with E-state index in [0.29, 0.717) is 28.2 Å². The van der Waals surface area contributed by atoms with Gasteiger partial charge in [0.05, 0.1) is 51.4 Å². The van der Waals surface area contributed by atoms with Crippen LogP contribution >= 0.6 is 0 Å². The molecule has 1 heterocycles. The summed E-state index contributed by atoms with van der Waals surface area (Å²) in [7, 11) is -5.81. The van der Waals surface area contributed by atoms with Gasteiger partial charge in [-0.15, -0.1) is 5.11 Å². The number of methoxy groups -OCH3 is 3. The summed E-state index contributed by atoms with van der Waals surface area (Å²) in [5, 5.41) is 18.9. The van der Waals surface area contributed by atoms with Gasteiger partial charge in [-0.05, 0) is 133 Å². The lowest BCUT2D eigenvalue weighted by Gasteiger charge is -2.27. The highest BCUT2D eigenvalue weighted by atomic mass is 32.2. The Morgan fingerprint density at radius 3 is 1.81 bits per heavy atom. The standard InChI is InChI=1S/C57H73N11O14S2/c1-55(2,3)80-52(70)59-28-29-62-83(73,74)46-27-25-40(41-14-13-15-42(48(41)58)64-51(69)44(65-54(72)82-57(7,8)9)32-60-53(71)81-56(4,5)6)47(50-63-43-30-37(31-61-67-66-50)20-26-45(43)79-12)49(46)84(75,76)68(33-35-16-21-38(77-10)22-17-35)34-36-18-23-39(78-11)24-19-36/h13-27,30,44,62H,28-29,31-34,58H2,1-12H3,(H,59,70)(H,60,71)(H,64,69)(H,65,72)(H,61,63,66)/t44-/m0/s1. The quantitative estimate of drug-likeness (QED) is 0.0207. The Labute approximate surface area is 489 Å². The van der Waals surface area contributed by atoms with E-state index in [1.165, 1.54) is 45.6 Å². The van der Waals surface area contributed by atoms with Crippen LogP contribution in [0.4, 0.5) is 31.4 Å². The van der Waals surface area contributed by atoms with E-state index in [-0.39, 0.29) is 60.1 Å². The Hall–Kier alpha value is -8.53. The van der Waals surface area contributed by atoms with Crippen LogP contribution < -0.4 is 51.4 Å². The normalized spacial score (nSPS) is 14.1. The predicted molar refractivity (Wildman–Crippen MR) is 315 cm³/mol. The number of fused-ring (bicyclic) bond motifs is 2. The molecular weight excluding hydrogens is 1130 g/mol. The minimum atomic E-state index is -5.22. The molecule has 0 saturated carbocycles. The number of nitrogens with one attached hydrogen (secondary N) is 6. The van der Waals surface area contributed by atoms with Crippen LogP contribution in [-0.2, 0) is 58.7 Å². The van der Waals surface area contributed by atoms with Crippen LogP contribution in [0.2, 0.25) is 0 Å². The molecular formula is C57H73N11O14S2. The number of rotatable bonds is 21. The van der Waals surface area contributed by atoms with Gasteiger partial charge in [0.25, 0.3) is 0 Å². The Kier molecular flexibility index (Phi) is 21.0. The second-order valence-electron chi connectivity index (χ2n) is 21.9. The summed E-state index contributed by atoms with van der Waals surface area (Å²) in [5.74, 6) is -0.145. The number of carbonyl (C=O) groups excluding carboxylic acids is 4. The summed E-state index contributed by atoms with van der Waals surface area (Å²) < 4.78 is 99.4. The van der Waals surface area contributed by atoms with E-state index in [4.69, 9.17) is 39.1 Å². The molecule has 452 valence electrons. The van der Waals surface area contributed by atoms with Crippen molar-refractivity contribution < 1.29 is 64.4 Å². The molecule has 1 aliphatic rings.